The van der Waals surface area contributed by atoms with Gasteiger partial charge in [0.05, 0.1) is 18.2 Å². The van der Waals surface area contributed by atoms with E-state index >= 15 is 0 Å². The fourth-order valence-corrected chi connectivity index (χ4v) is 1.87. The molecule has 0 fully saturated rings. The summed E-state index contributed by atoms with van der Waals surface area (Å²) in [6.07, 6.45) is 2.90. The number of H-pyrrole nitrogens is 1. The van der Waals surface area contributed by atoms with Crippen LogP contribution in [0.5, 0.6) is 0 Å². The normalized spacial score (nSPS) is 10.7. The molecule has 3 rings (SSSR count). The van der Waals surface area contributed by atoms with Gasteiger partial charge in [0.2, 0.25) is 0 Å². The Labute approximate surface area is 110 Å². The number of halogens is 1. The lowest BCUT2D eigenvalue weighted by Gasteiger charge is -2.01. The van der Waals surface area contributed by atoms with Gasteiger partial charge in [-0.2, -0.15) is 0 Å². The molecule has 0 spiro atoms. The van der Waals surface area contributed by atoms with Crippen molar-refractivity contribution in [3.63, 3.8) is 0 Å². The first-order valence-electron chi connectivity index (χ1n) is 5.20. The highest BCUT2D eigenvalue weighted by Crippen LogP contribution is 2.19. The van der Waals surface area contributed by atoms with Crippen molar-refractivity contribution in [1.29, 1.82) is 0 Å². The number of nitrogens with one attached hydrogen (secondary N) is 1. The fraction of sp³-hybridized carbons (Fsp3) is 0. The molecule has 0 saturated carbocycles. The first kappa shape index (κ1) is 11.0. The van der Waals surface area contributed by atoms with E-state index in [1.807, 2.05) is 24.3 Å². The van der Waals surface area contributed by atoms with Crippen LogP contribution in [-0.4, -0.2) is 19.9 Å². The van der Waals surface area contributed by atoms with Gasteiger partial charge in [0.15, 0.2) is 11.2 Å². The van der Waals surface area contributed by atoms with Crippen LogP contribution in [0.4, 0.5) is 0 Å². The highest BCUT2D eigenvalue weighted by Gasteiger charge is 2.05. The van der Waals surface area contributed by atoms with Gasteiger partial charge >= 0.3 is 0 Å². The molecule has 88 valence electrons. The van der Waals surface area contributed by atoms with Crippen molar-refractivity contribution in [1.82, 2.24) is 19.9 Å². The Morgan fingerprint density at radius 3 is 2.67 bits per heavy atom. The summed E-state index contributed by atoms with van der Waals surface area (Å²) in [5, 5.41) is 0. The standard InChI is InChI=1S/C12H7BrN4O/c13-8-3-1-7(2-4-8)9-5-14-10-11(17-9)15-6-16-12(10)18/h1-6H,(H,15,16,17,18). The van der Waals surface area contributed by atoms with E-state index in [0.717, 1.165) is 10.0 Å². The van der Waals surface area contributed by atoms with Crippen LogP contribution in [0.3, 0.4) is 0 Å². The van der Waals surface area contributed by atoms with E-state index in [1.54, 1.807) is 6.20 Å². The van der Waals surface area contributed by atoms with E-state index in [9.17, 15) is 4.79 Å². The fourth-order valence-electron chi connectivity index (χ4n) is 1.61. The first-order chi connectivity index (χ1) is 8.74. The van der Waals surface area contributed by atoms with Gasteiger partial charge in [-0.1, -0.05) is 28.1 Å². The van der Waals surface area contributed by atoms with E-state index in [4.69, 9.17) is 0 Å². The van der Waals surface area contributed by atoms with Gasteiger partial charge in [0.1, 0.15) is 0 Å². The predicted molar refractivity (Wildman–Crippen MR) is 71.1 cm³/mol. The van der Waals surface area contributed by atoms with Gasteiger partial charge in [0.25, 0.3) is 5.56 Å². The molecule has 1 N–H and O–H groups in total. The minimum Gasteiger partial charge on any atom is -0.311 e. The third-order valence-electron chi connectivity index (χ3n) is 2.49. The van der Waals surface area contributed by atoms with Gasteiger partial charge in [0, 0.05) is 10.0 Å². The lowest BCUT2D eigenvalue weighted by atomic mass is 10.2. The van der Waals surface area contributed by atoms with Crippen LogP contribution in [0.25, 0.3) is 22.4 Å². The molecule has 5 nitrogen and oxygen atoms in total. The first-order valence-corrected chi connectivity index (χ1v) is 6.00. The summed E-state index contributed by atoms with van der Waals surface area (Å²) in [4.78, 5) is 26.4. The molecule has 1 aromatic carbocycles. The molecule has 0 bridgehead atoms. The summed E-state index contributed by atoms with van der Waals surface area (Å²) in [5.74, 6) is 0. The second-order valence-corrected chi connectivity index (χ2v) is 4.58. The number of rotatable bonds is 1. The maximum Gasteiger partial charge on any atom is 0.278 e. The summed E-state index contributed by atoms with van der Waals surface area (Å²) in [7, 11) is 0. The number of aromatic amines is 1. The second-order valence-electron chi connectivity index (χ2n) is 3.67. The van der Waals surface area contributed by atoms with Gasteiger partial charge in [-0.05, 0) is 12.1 Å². The summed E-state index contributed by atoms with van der Waals surface area (Å²) in [6.45, 7) is 0. The minimum absolute atomic E-state index is 0.248. The van der Waals surface area contributed by atoms with Crippen molar-refractivity contribution in [3.8, 4) is 11.3 Å². The van der Waals surface area contributed by atoms with E-state index in [0.29, 0.717) is 11.3 Å². The zero-order valence-corrected chi connectivity index (χ0v) is 10.7. The van der Waals surface area contributed by atoms with Crippen LogP contribution in [0.2, 0.25) is 0 Å². The van der Waals surface area contributed by atoms with Crippen molar-refractivity contribution in [2.75, 3.05) is 0 Å². The van der Waals surface area contributed by atoms with E-state index in [1.165, 1.54) is 6.33 Å². The van der Waals surface area contributed by atoms with Crippen molar-refractivity contribution in [3.05, 3.63) is 51.6 Å². The summed E-state index contributed by atoms with van der Waals surface area (Å²) in [6, 6.07) is 7.69. The third kappa shape index (κ3) is 1.91. The molecule has 0 atom stereocenters. The van der Waals surface area contributed by atoms with Crippen molar-refractivity contribution in [2.24, 2.45) is 0 Å². The summed E-state index contributed by atoms with van der Waals surface area (Å²) >= 11 is 3.37. The Balaban J connectivity index is 2.19. The largest absolute Gasteiger partial charge is 0.311 e. The number of benzene rings is 1. The second kappa shape index (κ2) is 4.30. The highest BCUT2D eigenvalue weighted by atomic mass is 79.9. The number of aromatic nitrogens is 4. The molecule has 18 heavy (non-hydrogen) atoms. The molecular weight excluding hydrogens is 296 g/mol. The molecule has 0 unspecified atom stereocenters. The quantitative estimate of drug-likeness (QED) is 0.747. The lowest BCUT2D eigenvalue weighted by Crippen LogP contribution is -2.09. The number of hydrogen-bond acceptors (Lipinski definition) is 4. The topological polar surface area (TPSA) is 71.5 Å². The zero-order chi connectivity index (χ0) is 12.5. The van der Waals surface area contributed by atoms with E-state index in [2.05, 4.69) is 35.9 Å². The molecular formula is C12H7BrN4O. The predicted octanol–water partition coefficient (Wildman–Crippen LogP) is 2.14. The van der Waals surface area contributed by atoms with Crippen LogP contribution in [-0.2, 0) is 0 Å². The average molecular weight is 303 g/mol. The SMILES string of the molecule is O=c1[nH]cnc2nc(-c3ccc(Br)cc3)cnc12. The third-order valence-corrected chi connectivity index (χ3v) is 3.02. The maximum atomic E-state index is 11.5. The Hall–Kier alpha value is -2.08. The Morgan fingerprint density at radius 2 is 1.89 bits per heavy atom. The Morgan fingerprint density at radius 1 is 1.11 bits per heavy atom. The van der Waals surface area contributed by atoms with E-state index in [-0.39, 0.29) is 11.1 Å². The molecule has 0 aliphatic rings. The Bertz CT molecular complexity index is 767. The van der Waals surface area contributed by atoms with Gasteiger partial charge in [-0.3, -0.25) is 4.79 Å². The molecule has 0 aliphatic carbocycles. The molecule has 2 aromatic heterocycles. The smallest absolute Gasteiger partial charge is 0.278 e. The molecule has 0 aliphatic heterocycles. The van der Waals surface area contributed by atoms with Crippen molar-refractivity contribution < 1.29 is 0 Å². The van der Waals surface area contributed by atoms with Crippen LogP contribution >= 0.6 is 15.9 Å². The van der Waals surface area contributed by atoms with Crippen LogP contribution in [0, 0.1) is 0 Å². The highest BCUT2D eigenvalue weighted by molar-refractivity contribution is 9.10. The molecule has 0 amide bonds. The lowest BCUT2D eigenvalue weighted by molar-refractivity contribution is 1.11. The summed E-state index contributed by atoms with van der Waals surface area (Å²) < 4.78 is 0.995. The van der Waals surface area contributed by atoms with Gasteiger partial charge in [-0.15, -0.1) is 0 Å². The minimum atomic E-state index is -0.283. The monoisotopic (exact) mass is 302 g/mol. The molecule has 3 aromatic rings. The van der Waals surface area contributed by atoms with Crippen LogP contribution in [0.15, 0.2) is 46.1 Å². The van der Waals surface area contributed by atoms with Gasteiger partial charge < -0.3 is 4.98 Å². The number of nitrogens with zero attached hydrogens (tertiary/aromatic N) is 3. The van der Waals surface area contributed by atoms with E-state index < -0.39 is 0 Å². The van der Waals surface area contributed by atoms with Crippen molar-refractivity contribution in [2.45, 2.75) is 0 Å². The maximum absolute atomic E-state index is 11.5. The number of fused-ring (bicyclic) bond motifs is 1. The Kier molecular flexibility index (Phi) is 2.64. The van der Waals surface area contributed by atoms with Crippen LogP contribution < -0.4 is 5.56 Å². The zero-order valence-electron chi connectivity index (χ0n) is 9.09. The average Bonchev–Trinajstić information content (AvgIpc) is 2.39. The van der Waals surface area contributed by atoms with Crippen molar-refractivity contribution >= 4 is 27.1 Å². The molecule has 6 heteroatoms. The van der Waals surface area contributed by atoms with Crippen LogP contribution in [0.1, 0.15) is 0 Å². The summed E-state index contributed by atoms with van der Waals surface area (Å²) in [5.41, 5.74) is 1.93. The molecule has 0 saturated heterocycles. The number of hydrogen-bond donors (Lipinski definition) is 1. The molecule has 2 heterocycles. The molecule has 0 radical (unpaired) electrons. The van der Waals surface area contributed by atoms with Gasteiger partial charge in [-0.25, -0.2) is 15.0 Å².